The average Bonchev–Trinajstić information content (AvgIpc) is 2.56. The fourth-order valence-electron chi connectivity index (χ4n) is 2.16. The van der Waals surface area contributed by atoms with E-state index in [1.807, 2.05) is 19.1 Å². The molecule has 0 saturated heterocycles. The third kappa shape index (κ3) is 3.08. The summed E-state index contributed by atoms with van der Waals surface area (Å²) in [6.45, 7) is 2.58. The van der Waals surface area contributed by atoms with Crippen LogP contribution in [0.4, 0.5) is 5.82 Å². The Hall–Kier alpha value is -3.08. The van der Waals surface area contributed by atoms with Gasteiger partial charge < -0.3 is 10.1 Å². The number of nitriles is 1. The van der Waals surface area contributed by atoms with E-state index in [-0.39, 0.29) is 17.9 Å². The molecule has 0 aromatic carbocycles. The van der Waals surface area contributed by atoms with Crippen LogP contribution in [-0.4, -0.2) is 20.7 Å². The summed E-state index contributed by atoms with van der Waals surface area (Å²) in [6.07, 6.45) is 1.61. The monoisotopic (exact) mass is 315 g/mol. The summed E-state index contributed by atoms with van der Waals surface area (Å²) in [6, 6.07) is 5.42. The number of hydrogen-bond donors (Lipinski definition) is 1. The van der Waals surface area contributed by atoms with Gasteiger partial charge in [-0.15, -0.1) is 0 Å². The van der Waals surface area contributed by atoms with Crippen molar-refractivity contribution in [3.63, 3.8) is 0 Å². The van der Waals surface area contributed by atoms with Crippen LogP contribution in [0.3, 0.4) is 0 Å². The number of ether oxygens (including phenoxy) is 1. The van der Waals surface area contributed by atoms with Gasteiger partial charge in [-0.05, 0) is 13.0 Å². The zero-order valence-electron chi connectivity index (χ0n) is 13.2. The van der Waals surface area contributed by atoms with Gasteiger partial charge in [0.15, 0.2) is 5.56 Å². The molecule has 0 unspecified atom stereocenters. The van der Waals surface area contributed by atoms with E-state index in [0.29, 0.717) is 12.5 Å². The minimum Gasteiger partial charge on any atom is -0.478 e. The average molecular weight is 315 g/mol. The van der Waals surface area contributed by atoms with Crippen molar-refractivity contribution in [2.75, 3.05) is 11.9 Å². The van der Waals surface area contributed by atoms with Crippen LogP contribution in [-0.2, 0) is 20.6 Å². The van der Waals surface area contributed by atoms with Crippen molar-refractivity contribution in [1.82, 2.24) is 14.1 Å². The quantitative estimate of drug-likeness (QED) is 0.855. The maximum Gasteiger partial charge on any atom is 0.332 e. The molecular weight excluding hydrogens is 298 g/mol. The van der Waals surface area contributed by atoms with Crippen LogP contribution in [0.25, 0.3) is 0 Å². The first kappa shape index (κ1) is 16.3. The summed E-state index contributed by atoms with van der Waals surface area (Å²) in [5, 5.41) is 12.2. The van der Waals surface area contributed by atoms with Gasteiger partial charge in [0.05, 0.1) is 6.61 Å². The molecule has 0 aliphatic carbocycles. The van der Waals surface area contributed by atoms with Gasteiger partial charge >= 0.3 is 5.69 Å². The molecule has 2 aromatic rings. The van der Waals surface area contributed by atoms with E-state index in [2.05, 4.69) is 10.3 Å². The van der Waals surface area contributed by atoms with Crippen LogP contribution >= 0.6 is 0 Å². The Morgan fingerprint density at radius 2 is 2.09 bits per heavy atom. The van der Waals surface area contributed by atoms with Crippen molar-refractivity contribution >= 4 is 5.82 Å². The lowest BCUT2D eigenvalue weighted by molar-refractivity contribution is 0.323. The molecule has 8 heteroatoms. The third-order valence-corrected chi connectivity index (χ3v) is 3.35. The molecule has 120 valence electrons. The number of nitrogens with one attached hydrogen (secondary N) is 1. The lowest BCUT2D eigenvalue weighted by Gasteiger charge is -2.14. The van der Waals surface area contributed by atoms with Crippen molar-refractivity contribution in [2.45, 2.75) is 13.5 Å². The molecule has 0 fully saturated rings. The number of anilines is 1. The van der Waals surface area contributed by atoms with Gasteiger partial charge in [-0.1, -0.05) is 6.07 Å². The van der Waals surface area contributed by atoms with Gasteiger partial charge in [0, 0.05) is 32.4 Å². The molecule has 0 bridgehead atoms. The Morgan fingerprint density at radius 3 is 2.74 bits per heavy atom. The van der Waals surface area contributed by atoms with Gasteiger partial charge in [0.25, 0.3) is 5.56 Å². The highest BCUT2D eigenvalue weighted by Gasteiger charge is 2.15. The first-order chi connectivity index (χ1) is 11.0. The minimum absolute atomic E-state index is 0.114. The number of pyridine rings is 1. The van der Waals surface area contributed by atoms with E-state index in [1.54, 1.807) is 12.3 Å². The first-order valence-electron chi connectivity index (χ1n) is 7.01. The molecule has 0 spiro atoms. The molecule has 2 aromatic heterocycles. The highest BCUT2D eigenvalue weighted by atomic mass is 16.5. The minimum atomic E-state index is -0.630. The fourth-order valence-corrected chi connectivity index (χ4v) is 2.16. The number of rotatable bonds is 5. The second kappa shape index (κ2) is 6.79. The summed E-state index contributed by atoms with van der Waals surface area (Å²) < 4.78 is 7.56. The Balaban J connectivity index is 2.41. The standard InChI is InChI=1S/C15H17N5O3/c1-4-23-13-10(6-5-7-17-13)9-18-12-11(8-16)14(21)20(3)15(22)19(12)2/h5-7,18H,4,9H2,1-3H3. The van der Waals surface area contributed by atoms with Crippen molar-refractivity contribution in [3.05, 3.63) is 50.3 Å². The molecule has 2 rings (SSSR count). The number of nitrogens with zero attached hydrogens (tertiary/aromatic N) is 4. The largest absolute Gasteiger partial charge is 0.478 e. The zero-order valence-corrected chi connectivity index (χ0v) is 13.2. The summed E-state index contributed by atoms with van der Waals surface area (Å²) in [7, 11) is 2.83. The van der Waals surface area contributed by atoms with Gasteiger partial charge in [0.1, 0.15) is 11.9 Å². The SMILES string of the molecule is CCOc1ncccc1CNc1c(C#N)c(=O)n(C)c(=O)n1C. The van der Waals surface area contributed by atoms with Crippen LogP contribution in [0.2, 0.25) is 0 Å². The fraction of sp³-hybridized carbons (Fsp3) is 0.333. The van der Waals surface area contributed by atoms with E-state index in [9.17, 15) is 14.9 Å². The Bertz CT molecular complexity index is 876. The predicted molar refractivity (Wildman–Crippen MR) is 84.4 cm³/mol. The van der Waals surface area contributed by atoms with Crippen LogP contribution < -0.4 is 21.3 Å². The second-order valence-corrected chi connectivity index (χ2v) is 4.80. The summed E-state index contributed by atoms with van der Waals surface area (Å²) in [5.41, 5.74) is -0.496. The highest BCUT2D eigenvalue weighted by molar-refractivity contribution is 5.51. The van der Waals surface area contributed by atoms with Gasteiger partial charge in [-0.3, -0.25) is 13.9 Å². The van der Waals surface area contributed by atoms with Crippen LogP contribution in [0.15, 0.2) is 27.9 Å². The van der Waals surface area contributed by atoms with E-state index in [4.69, 9.17) is 4.74 Å². The van der Waals surface area contributed by atoms with Crippen molar-refractivity contribution in [3.8, 4) is 11.9 Å². The van der Waals surface area contributed by atoms with Crippen molar-refractivity contribution < 1.29 is 4.74 Å². The van der Waals surface area contributed by atoms with Gasteiger partial charge in [0.2, 0.25) is 5.88 Å². The molecule has 0 saturated carbocycles. The molecule has 0 radical (unpaired) electrons. The molecule has 0 aliphatic rings. The van der Waals surface area contributed by atoms with E-state index >= 15 is 0 Å². The molecule has 0 atom stereocenters. The molecular formula is C15H17N5O3. The van der Waals surface area contributed by atoms with Crippen LogP contribution in [0.5, 0.6) is 5.88 Å². The predicted octanol–water partition coefficient (Wildman–Crippen LogP) is 0.361. The van der Waals surface area contributed by atoms with E-state index < -0.39 is 11.2 Å². The topological polar surface area (TPSA) is 102 Å². The lowest BCUT2D eigenvalue weighted by Crippen LogP contribution is -2.39. The summed E-state index contributed by atoms with van der Waals surface area (Å²) >= 11 is 0. The number of hydrogen-bond acceptors (Lipinski definition) is 6. The maximum absolute atomic E-state index is 12.0. The lowest BCUT2D eigenvalue weighted by atomic mass is 10.2. The van der Waals surface area contributed by atoms with Gasteiger partial charge in [-0.2, -0.15) is 5.26 Å². The maximum atomic E-state index is 12.0. The zero-order chi connectivity index (χ0) is 17.0. The van der Waals surface area contributed by atoms with E-state index in [1.165, 1.54) is 18.7 Å². The molecule has 2 heterocycles. The highest BCUT2D eigenvalue weighted by Crippen LogP contribution is 2.16. The van der Waals surface area contributed by atoms with Crippen molar-refractivity contribution in [2.24, 2.45) is 14.1 Å². The normalized spacial score (nSPS) is 10.2. The molecule has 23 heavy (non-hydrogen) atoms. The Labute approximate surface area is 132 Å². The molecule has 0 amide bonds. The van der Waals surface area contributed by atoms with E-state index in [0.717, 1.165) is 10.1 Å². The third-order valence-electron chi connectivity index (χ3n) is 3.35. The van der Waals surface area contributed by atoms with Crippen LogP contribution in [0.1, 0.15) is 18.1 Å². The smallest absolute Gasteiger partial charge is 0.332 e. The van der Waals surface area contributed by atoms with Crippen molar-refractivity contribution in [1.29, 1.82) is 5.26 Å². The summed E-state index contributed by atoms with van der Waals surface area (Å²) in [4.78, 5) is 28.2. The molecule has 1 N–H and O–H groups in total. The Kier molecular flexibility index (Phi) is 4.81. The Morgan fingerprint density at radius 1 is 1.35 bits per heavy atom. The first-order valence-corrected chi connectivity index (χ1v) is 7.01. The second-order valence-electron chi connectivity index (χ2n) is 4.80. The summed E-state index contributed by atoms with van der Waals surface area (Å²) in [5.74, 6) is 0.641. The van der Waals surface area contributed by atoms with Gasteiger partial charge in [-0.25, -0.2) is 9.78 Å². The molecule has 0 aliphatic heterocycles. The molecule has 8 nitrogen and oxygen atoms in total. The number of aromatic nitrogens is 3. The van der Waals surface area contributed by atoms with Crippen LogP contribution in [0, 0.1) is 11.3 Å².